The Morgan fingerprint density at radius 2 is 1.77 bits per heavy atom. The van der Waals surface area contributed by atoms with Crippen molar-refractivity contribution < 1.29 is 18.0 Å². The molecule has 204 valence electrons. The number of benzene rings is 2. The number of nitrogens with two attached hydrogens (primary N) is 1. The average molecular weight is 544 g/mol. The third kappa shape index (κ3) is 6.38. The molecule has 3 N–H and O–H groups in total. The van der Waals surface area contributed by atoms with Gasteiger partial charge < -0.3 is 11.1 Å². The van der Waals surface area contributed by atoms with Crippen molar-refractivity contribution in [3.05, 3.63) is 103 Å². The van der Waals surface area contributed by atoms with Crippen LogP contribution in [0.5, 0.6) is 0 Å². The number of nitrogen functional groups attached to an aromatic ring is 1. The number of carbonyl (C=O) groups is 1. The quantitative estimate of drug-likeness (QED) is 0.208. The van der Waals surface area contributed by atoms with Gasteiger partial charge in [0.25, 0.3) is 11.8 Å². The highest BCUT2D eigenvalue weighted by atomic mass is 19.3. The number of nitrogens with one attached hydrogen (secondary N) is 1. The van der Waals surface area contributed by atoms with E-state index in [1.54, 1.807) is 48.8 Å². The normalized spacial score (nSPS) is 15.0. The molecule has 5 rings (SSSR count). The van der Waals surface area contributed by atoms with Crippen LogP contribution < -0.4 is 11.1 Å². The van der Waals surface area contributed by atoms with Gasteiger partial charge in [0.1, 0.15) is 5.82 Å². The summed E-state index contributed by atoms with van der Waals surface area (Å²) in [7, 11) is 0. The number of hydrogen-bond acceptors (Lipinski definition) is 5. The van der Waals surface area contributed by atoms with E-state index in [1.165, 1.54) is 18.3 Å². The summed E-state index contributed by atoms with van der Waals surface area (Å²) in [6.07, 6.45) is 4.65. The molecule has 40 heavy (non-hydrogen) atoms. The Balaban J connectivity index is 1.28. The van der Waals surface area contributed by atoms with Gasteiger partial charge in [-0.2, -0.15) is 0 Å². The van der Waals surface area contributed by atoms with Gasteiger partial charge in [-0.15, -0.1) is 0 Å². The zero-order chi connectivity index (χ0) is 28.3. The fourth-order valence-corrected chi connectivity index (χ4v) is 4.64. The Bertz CT molecular complexity index is 1550. The number of nitrogens with zero attached hydrogens (tertiary/aromatic N) is 3. The number of carbonyl (C=O) groups excluding carboxylic acids is 1. The maximum atomic E-state index is 13.5. The van der Waals surface area contributed by atoms with E-state index in [9.17, 15) is 18.0 Å². The summed E-state index contributed by atoms with van der Waals surface area (Å²) in [6.45, 7) is 5.16. The van der Waals surface area contributed by atoms with Crippen LogP contribution >= 0.6 is 0 Å². The summed E-state index contributed by atoms with van der Waals surface area (Å²) in [6, 6.07) is 16.8. The van der Waals surface area contributed by atoms with Crippen LogP contribution in [-0.2, 0) is 11.3 Å². The molecule has 0 atom stereocenters. The van der Waals surface area contributed by atoms with E-state index >= 15 is 0 Å². The lowest BCUT2D eigenvalue weighted by atomic mass is 9.97. The predicted octanol–water partition coefficient (Wildman–Crippen LogP) is 6.41. The van der Waals surface area contributed by atoms with Crippen molar-refractivity contribution in [1.82, 2.24) is 14.9 Å². The summed E-state index contributed by atoms with van der Waals surface area (Å²) in [5.41, 5.74) is 11.4. The Kier molecular flexibility index (Phi) is 7.66. The highest BCUT2D eigenvalue weighted by Crippen LogP contribution is 2.31. The van der Waals surface area contributed by atoms with E-state index < -0.39 is 11.8 Å². The molecule has 2 aromatic carbocycles. The Morgan fingerprint density at radius 1 is 0.975 bits per heavy atom. The van der Waals surface area contributed by atoms with Crippen LogP contribution in [0.4, 0.5) is 24.5 Å². The van der Waals surface area contributed by atoms with Gasteiger partial charge in [-0.05, 0) is 53.6 Å². The minimum atomic E-state index is -2.59. The van der Waals surface area contributed by atoms with Crippen molar-refractivity contribution in [2.75, 3.05) is 24.1 Å². The molecule has 1 fully saturated rings. The predicted molar refractivity (Wildman–Crippen MR) is 151 cm³/mol. The van der Waals surface area contributed by atoms with Crippen molar-refractivity contribution in [2.24, 2.45) is 0 Å². The number of hydrogen-bond donors (Lipinski definition) is 2. The van der Waals surface area contributed by atoms with Crippen molar-refractivity contribution in [3.8, 4) is 22.4 Å². The number of anilines is 2. The molecule has 0 unspecified atom stereocenters. The number of pyridine rings is 2. The smallest absolute Gasteiger partial charge is 0.255 e. The number of amides is 1. The van der Waals surface area contributed by atoms with E-state index in [4.69, 9.17) is 5.73 Å². The van der Waals surface area contributed by atoms with E-state index in [0.717, 1.165) is 16.7 Å². The average Bonchev–Trinajstić information content (AvgIpc) is 2.94. The molecule has 1 aliphatic rings. The maximum Gasteiger partial charge on any atom is 0.255 e. The lowest BCUT2D eigenvalue weighted by Crippen LogP contribution is -2.38. The Hall–Kier alpha value is -4.50. The van der Waals surface area contributed by atoms with Gasteiger partial charge >= 0.3 is 0 Å². The number of rotatable bonds is 7. The zero-order valence-electron chi connectivity index (χ0n) is 21.7. The molecule has 2 aromatic heterocycles. The second-order valence-corrected chi connectivity index (χ2v) is 9.89. The fourth-order valence-electron chi connectivity index (χ4n) is 4.64. The van der Waals surface area contributed by atoms with Crippen LogP contribution in [0.1, 0.15) is 24.0 Å². The summed E-state index contributed by atoms with van der Waals surface area (Å²) >= 11 is 0. The number of likely N-dealkylation sites (tertiary alicyclic amines) is 1. The van der Waals surface area contributed by atoms with Gasteiger partial charge in [-0.25, -0.2) is 13.2 Å². The van der Waals surface area contributed by atoms with Crippen molar-refractivity contribution in [1.29, 1.82) is 0 Å². The maximum absolute atomic E-state index is 13.5. The first-order valence-electron chi connectivity index (χ1n) is 12.8. The van der Waals surface area contributed by atoms with Gasteiger partial charge in [-0.3, -0.25) is 19.7 Å². The molecule has 6 nitrogen and oxygen atoms in total. The lowest BCUT2D eigenvalue weighted by Gasteiger charge is -2.31. The molecular weight excluding hydrogens is 515 g/mol. The van der Waals surface area contributed by atoms with E-state index in [-0.39, 0.29) is 24.2 Å². The molecule has 1 aliphatic heterocycles. The van der Waals surface area contributed by atoms with Crippen LogP contribution in [-0.4, -0.2) is 39.8 Å². The van der Waals surface area contributed by atoms with Crippen LogP contribution in [0.15, 0.2) is 85.8 Å². The largest absolute Gasteiger partial charge is 0.398 e. The monoisotopic (exact) mass is 543 g/mol. The third-order valence-corrected chi connectivity index (χ3v) is 6.92. The Morgan fingerprint density at radius 3 is 2.50 bits per heavy atom. The summed E-state index contributed by atoms with van der Waals surface area (Å²) in [5.74, 6) is -3.39. The SMILES string of the molecule is C=C(C(=O)Nc1ccc(-c2cccc(F)c2)nc1)c1cc(-c2cncc(CN3CCC(F)(F)CC3)c2)ccc1N. The molecule has 4 aromatic rings. The van der Waals surface area contributed by atoms with Crippen LogP contribution in [0.3, 0.4) is 0 Å². The van der Waals surface area contributed by atoms with E-state index in [1.807, 2.05) is 17.0 Å². The van der Waals surface area contributed by atoms with Gasteiger partial charge in [0.15, 0.2) is 0 Å². The van der Waals surface area contributed by atoms with Gasteiger partial charge in [0, 0.05) is 72.8 Å². The third-order valence-electron chi connectivity index (χ3n) is 6.92. The molecule has 0 aliphatic carbocycles. The van der Waals surface area contributed by atoms with E-state index in [0.29, 0.717) is 47.8 Å². The molecule has 0 saturated carbocycles. The molecule has 0 spiro atoms. The molecule has 9 heteroatoms. The van der Waals surface area contributed by atoms with Crippen LogP contribution in [0.2, 0.25) is 0 Å². The second-order valence-electron chi connectivity index (χ2n) is 9.89. The zero-order valence-corrected chi connectivity index (χ0v) is 21.7. The fraction of sp³-hybridized carbons (Fsp3) is 0.194. The second kappa shape index (κ2) is 11.3. The van der Waals surface area contributed by atoms with Crippen LogP contribution in [0, 0.1) is 5.82 Å². The molecule has 3 heterocycles. The highest BCUT2D eigenvalue weighted by molar-refractivity contribution is 6.25. The number of halogens is 3. The van der Waals surface area contributed by atoms with Gasteiger partial charge in [0.05, 0.1) is 17.6 Å². The molecule has 1 saturated heterocycles. The first-order chi connectivity index (χ1) is 19.2. The topological polar surface area (TPSA) is 84.1 Å². The molecule has 0 radical (unpaired) electrons. The summed E-state index contributed by atoms with van der Waals surface area (Å²) in [4.78, 5) is 23.7. The summed E-state index contributed by atoms with van der Waals surface area (Å²) < 4.78 is 40.5. The first-order valence-corrected chi connectivity index (χ1v) is 12.8. The first kappa shape index (κ1) is 27.1. The molecule has 1 amide bonds. The summed E-state index contributed by atoms with van der Waals surface area (Å²) in [5, 5.41) is 2.78. The number of aromatic nitrogens is 2. The van der Waals surface area contributed by atoms with Gasteiger partial charge in [-0.1, -0.05) is 24.8 Å². The van der Waals surface area contributed by atoms with Crippen LogP contribution in [0.25, 0.3) is 28.0 Å². The Labute approximate surface area is 230 Å². The highest BCUT2D eigenvalue weighted by Gasteiger charge is 2.33. The molecular formula is C31H28F3N5O. The standard InChI is InChI=1S/C31H28F3N5O/c1-20(30(40)38-26-6-8-29(37-18-26)23-3-2-4-25(32)14-23)27-15-22(5-7-28(27)35)24-13-21(16-36-17-24)19-39-11-9-31(33,34)10-12-39/h2-8,13-18H,1,9-12,19,35H2,(H,38,40). The van der Waals surface area contributed by atoms with Crippen molar-refractivity contribution in [3.63, 3.8) is 0 Å². The molecule has 0 bridgehead atoms. The number of piperidine rings is 1. The minimum absolute atomic E-state index is 0.140. The van der Waals surface area contributed by atoms with Crippen molar-refractivity contribution >= 4 is 22.9 Å². The van der Waals surface area contributed by atoms with Crippen molar-refractivity contribution in [2.45, 2.75) is 25.3 Å². The van der Waals surface area contributed by atoms with Gasteiger partial charge in [0.2, 0.25) is 0 Å². The minimum Gasteiger partial charge on any atom is -0.398 e. The number of alkyl halides is 2. The van der Waals surface area contributed by atoms with E-state index in [2.05, 4.69) is 21.9 Å². The lowest BCUT2D eigenvalue weighted by molar-refractivity contribution is -0.111.